The first-order valence-corrected chi connectivity index (χ1v) is 5.97. The molecule has 4 heteroatoms. The molecular weight excluding hydrogens is 237 g/mol. The minimum atomic E-state index is -0.500. The van der Waals surface area contributed by atoms with E-state index in [1.807, 2.05) is 19.9 Å². The number of anilines is 1. The van der Waals surface area contributed by atoms with Gasteiger partial charge in [-0.05, 0) is 38.1 Å². The van der Waals surface area contributed by atoms with E-state index in [0.29, 0.717) is 11.1 Å². The van der Waals surface area contributed by atoms with Crippen molar-refractivity contribution in [3.63, 3.8) is 0 Å². The van der Waals surface area contributed by atoms with E-state index in [1.54, 1.807) is 11.3 Å². The van der Waals surface area contributed by atoms with Gasteiger partial charge in [-0.2, -0.15) is 0 Å². The third-order valence-electron chi connectivity index (χ3n) is 2.54. The lowest BCUT2D eigenvalue weighted by atomic mass is 10.0. The molecule has 2 N–H and O–H groups in total. The Hall–Kier alpha value is -1.68. The van der Waals surface area contributed by atoms with Crippen molar-refractivity contribution in [2.75, 3.05) is 5.73 Å². The van der Waals surface area contributed by atoms with Gasteiger partial charge in [0.2, 0.25) is 0 Å². The molecule has 0 saturated carbocycles. The number of carbonyl (C=O) groups is 1. The van der Waals surface area contributed by atoms with Crippen molar-refractivity contribution in [2.45, 2.75) is 13.8 Å². The number of thiophene rings is 1. The van der Waals surface area contributed by atoms with Crippen LogP contribution in [0.3, 0.4) is 0 Å². The number of aryl methyl sites for hydroxylation is 2. The van der Waals surface area contributed by atoms with E-state index >= 15 is 0 Å². The maximum Gasteiger partial charge on any atom is 0.194 e. The predicted octanol–water partition coefficient (Wildman–Crippen LogP) is 3.32. The first-order valence-electron chi connectivity index (χ1n) is 5.16. The highest BCUT2D eigenvalue weighted by Crippen LogP contribution is 2.24. The Morgan fingerprint density at radius 3 is 2.53 bits per heavy atom. The van der Waals surface area contributed by atoms with E-state index in [1.165, 1.54) is 18.2 Å². The summed E-state index contributed by atoms with van der Waals surface area (Å²) in [4.78, 5) is 14.2. The molecule has 0 radical (unpaired) electrons. The molecule has 1 aromatic heterocycles. The Kier molecular flexibility index (Phi) is 2.98. The van der Waals surface area contributed by atoms with Crippen molar-refractivity contribution >= 4 is 22.8 Å². The number of nitrogens with two attached hydrogens (primary N) is 1. The van der Waals surface area contributed by atoms with E-state index in [4.69, 9.17) is 5.73 Å². The zero-order valence-corrected chi connectivity index (χ0v) is 10.4. The van der Waals surface area contributed by atoms with Crippen LogP contribution in [0, 0.1) is 19.7 Å². The van der Waals surface area contributed by atoms with Crippen molar-refractivity contribution in [2.24, 2.45) is 0 Å². The number of hydrogen-bond acceptors (Lipinski definition) is 3. The van der Waals surface area contributed by atoms with Gasteiger partial charge in [-0.3, -0.25) is 4.79 Å². The van der Waals surface area contributed by atoms with Crippen LogP contribution in [-0.4, -0.2) is 5.78 Å². The lowest BCUT2D eigenvalue weighted by molar-refractivity contribution is 0.103. The van der Waals surface area contributed by atoms with E-state index in [-0.39, 0.29) is 11.5 Å². The summed E-state index contributed by atoms with van der Waals surface area (Å²) in [6.45, 7) is 3.85. The van der Waals surface area contributed by atoms with Gasteiger partial charge in [-0.25, -0.2) is 4.39 Å². The number of benzene rings is 1. The number of nitrogen functional groups attached to an aromatic ring is 1. The maximum absolute atomic E-state index is 13.0. The van der Waals surface area contributed by atoms with Gasteiger partial charge in [0.1, 0.15) is 5.82 Å². The zero-order chi connectivity index (χ0) is 12.6. The molecule has 2 aromatic rings. The molecule has 17 heavy (non-hydrogen) atoms. The first kappa shape index (κ1) is 11.8. The Bertz CT molecular complexity index is 589. The summed E-state index contributed by atoms with van der Waals surface area (Å²) in [7, 11) is 0. The van der Waals surface area contributed by atoms with Crippen molar-refractivity contribution in [1.29, 1.82) is 0 Å². The molecule has 0 bridgehead atoms. The van der Waals surface area contributed by atoms with Crippen LogP contribution in [0.2, 0.25) is 0 Å². The van der Waals surface area contributed by atoms with E-state index in [2.05, 4.69) is 0 Å². The quantitative estimate of drug-likeness (QED) is 0.655. The van der Waals surface area contributed by atoms with Gasteiger partial charge in [0.15, 0.2) is 5.78 Å². The fourth-order valence-electron chi connectivity index (χ4n) is 1.70. The van der Waals surface area contributed by atoms with Crippen LogP contribution in [-0.2, 0) is 0 Å². The molecule has 0 atom stereocenters. The highest BCUT2D eigenvalue weighted by atomic mass is 32.1. The smallest absolute Gasteiger partial charge is 0.194 e. The zero-order valence-electron chi connectivity index (χ0n) is 9.58. The molecule has 2 nitrogen and oxygen atoms in total. The van der Waals surface area contributed by atoms with Crippen LogP contribution in [0.1, 0.15) is 25.7 Å². The van der Waals surface area contributed by atoms with Crippen LogP contribution in [0.5, 0.6) is 0 Å². The summed E-state index contributed by atoms with van der Waals surface area (Å²) < 4.78 is 13.0. The summed E-state index contributed by atoms with van der Waals surface area (Å²) >= 11 is 1.57. The number of carbonyl (C=O) groups excluding carboxylic acids is 1. The Morgan fingerprint density at radius 1 is 1.29 bits per heavy atom. The SMILES string of the molecule is Cc1cc(C(=O)c2ccc(F)c(N)c2)c(C)s1. The Balaban J connectivity index is 2.44. The molecule has 1 heterocycles. The summed E-state index contributed by atoms with van der Waals surface area (Å²) in [5, 5.41) is 0. The highest BCUT2D eigenvalue weighted by molar-refractivity contribution is 7.12. The largest absolute Gasteiger partial charge is 0.396 e. The highest BCUT2D eigenvalue weighted by Gasteiger charge is 2.15. The van der Waals surface area contributed by atoms with Crippen molar-refractivity contribution in [3.8, 4) is 0 Å². The van der Waals surface area contributed by atoms with E-state index in [0.717, 1.165) is 9.75 Å². The van der Waals surface area contributed by atoms with Gasteiger partial charge in [0.05, 0.1) is 5.69 Å². The molecule has 2 rings (SSSR count). The fraction of sp³-hybridized carbons (Fsp3) is 0.154. The van der Waals surface area contributed by atoms with E-state index < -0.39 is 5.82 Å². The Labute approximate surface area is 103 Å². The molecule has 0 amide bonds. The van der Waals surface area contributed by atoms with Crippen LogP contribution in [0.25, 0.3) is 0 Å². The molecule has 0 aliphatic heterocycles. The molecule has 0 saturated heterocycles. The summed E-state index contributed by atoms with van der Waals surface area (Å²) in [5.41, 5.74) is 6.54. The molecule has 0 unspecified atom stereocenters. The molecule has 0 fully saturated rings. The van der Waals surface area contributed by atoms with Crippen molar-refractivity contribution in [1.82, 2.24) is 0 Å². The molecule has 1 aromatic carbocycles. The summed E-state index contributed by atoms with van der Waals surface area (Å²) in [6, 6.07) is 5.91. The lowest BCUT2D eigenvalue weighted by Crippen LogP contribution is -2.03. The van der Waals surface area contributed by atoms with E-state index in [9.17, 15) is 9.18 Å². The fourth-order valence-corrected chi connectivity index (χ4v) is 2.62. The standard InChI is InChI=1S/C13H12FNOS/c1-7-5-10(8(2)17-7)13(16)9-3-4-11(14)12(15)6-9/h3-6H,15H2,1-2H3. The second-order valence-electron chi connectivity index (χ2n) is 3.89. The summed E-state index contributed by atoms with van der Waals surface area (Å²) in [6.07, 6.45) is 0. The third-order valence-corrected chi connectivity index (χ3v) is 3.51. The number of halogens is 1. The van der Waals surface area contributed by atoms with Gasteiger partial charge in [-0.15, -0.1) is 11.3 Å². The van der Waals surface area contributed by atoms with Crippen LogP contribution >= 0.6 is 11.3 Å². The Morgan fingerprint density at radius 2 is 2.00 bits per heavy atom. The van der Waals surface area contributed by atoms with Crippen LogP contribution < -0.4 is 5.73 Å². The predicted molar refractivity (Wildman–Crippen MR) is 68.0 cm³/mol. The molecule has 88 valence electrons. The normalized spacial score (nSPS) is 10.5. The van der Waals surface area contributed by atoms with Gasteiger partial charge in [0, 0.05) is 20.9 Å². The topological polar surface area (TPSA) is 43.1 Å². The number of rotatable bonds is 2. The van der Waals surface area contributed by atoms with Gasteiger partial charge >= 0.3 is 0 Å². The van der Waals surface area contributed by atoms with Gasteiger partial charge in [-0.1, -0.05) is 0 Å². The second kappa shape index (κ2) is 4.30. The van der Waals surface area contributed by atoms with Gasteiger partial charge in [0.25, 0.3) is 0 Å². The van der Waals surface area contributed by atoms with Crippen LogP contribution in [0.15, 0.2) is 24.3 Å². The minimum Gasteiger partial charge on any atom is -0.396 e. The van der Waals surface area contributed by atoms with Gasteiger partial charge < -0.3 is 5.73 Å². The second-order valence-corrected chi connectivity index (χ2v) is 5.35. The van der Waals surface area contributed by atoms with Crippen LogP contribution in [0.4, 0.5) is 10.1 Å². The molecular formula is C13H12FNOS. The minimum absolute atomic E-state index is 0.000421. The molecule has 0 spiro atoms. The average molecular weight is 249 g/mol. The maximum atomic E-state index is 13.0. The number of hydrogen-bond donors (Lipinski definition) is 1. The average Bonchev–Trinajstić information content (AvgIpc) is 2.61. The molecule has 0 aliphatic carbocycles. The summed E-state index contributed by atoms with van der Waals surface area (Å²) in [5.74, 6) is -0.613. The third kappa shape index (κ3) is 2.22. The molecule has 0 aliphatic rings. The van der Waals surface area contributed by atoms with Crippen molar-refractivity contribution < 1.29 is 9.18 Å². The monoisotopic (exact) mass is 249 g/mol. The number of ketones is 1. The first-order chi connectivity index (χ1) is 7.99. The van der Waals surface area contributed by atoms with Crippen molar-refractivity contribution in [3.05, 3.63) is 51.0 Å². The lowest BCUT2D eigenvalue weighted by Gasteiger charge is -2.02.